The number of hydrogen-bond acceptors (Lipinski definition) is 4. The second-order valence-electron chi connectivity index (χ2n) is 6.47. The maximum absolute atomic E-state index is 9.13. The molecule has 0 amide bonds. The molecule has 5 heteroatoms. The number of nitrogens with zero attached hydrogens (tertiary/aromatic N) is 2. The van der Waals surface area contributed by atoms with Crippen LogP contribution >= 0.6 is 0 Å². The van der Waals surface area contributed by atoms with Gasteiger partial charge in [-0.25, -0.2) is 0 Å². The van der Waals surface area contributed by atoms with Gasteiger partial charge in [0.15, 0.2) is 0 Å². The Morgan fingerprint density at radius 1 is 1.25 bits per heavy atom. The number of para-hydroxylation sites is 2. The molecule has 1 aromatic heterocycles. The summed E-state index contributed by atoms with van der Waals surface area (Å²) in [6.07, 6.45) is 5.19. The monoisotopic (exact) mass is 329 g/mol. The number of aliphatic hydroxyl groups is 1. The first-order chi connectivity index (χ1) is 11.7. The summed E-state index contributed by atoms with van der Waals surface area (Å²) in [7, 11) is 0. The fourth-order valence-electron chi connectivity index (χ4n) is 3.39. The van der Waals surface area contributed by atoms with E-state index in [0.29, 0.717) is 19.2 Å². The van der Waals surface area contributed by atoms with E-state index in [2.05, 4.69) is 16.5 Å². The average molecular weight is 329 g/mol. The first-order valence-corrected chi connectivity index (χ1v) is 8.82. The van der Waals surface area contributed by atoms with E-state index in [4.69, 9.17) is 9.84 Å². The zero-order chi connectivity index (χ0) is 16.9. The molecule has 1 fully saturated rings. The second kappa shape index (κ2) is 7.71. The Balaban J connectivity index is 1.70. The summed E-state index contributed by atoms with van der Waals surface area (Å²) in [5.74, 6) is 0.933. The standard InChI is InChI=1S/C19H27N3O2/c1-14-17(15(2)22(21-14)11-12-23)13-20-18-9-5-6-10-19(18)24-16-7-3-4-8-16/h5-6,9-10,16,20,23H,3-4,7-8,11-13H2,1-2H3. The number of rotatable bonds is 7. The lowest BCUT2D eigenvalue weighted by Crippen LogP contribution is -2.13. The van der Waals surface area contributed by atoms with Crippen molar-refractivity contribution in [3.63, 3.8) is 0 Å². The van der Waals surface area contributed by atoms with Crippen molar-refractivity contribution >= 4 is 5.69 Å². The van der Waals surface area contributed by atoms with Gasteiger partial charge in [0.1, 0.15) is 5.75 Å². The highest BCUT2D eigenvalue weighted by Gasteiger charge is 2.18. The van der Waals surface area contributed by atoms with Gasteiger partial charge in [0.25, 0.3) is 0 Å². The maximum Gasteiger partial charge on any atom is 0.142 e. The molecular formula is C19H27N3O2. The minimum atomic E-state index is 0.104. The van der Waals surface area contributed by atoms with Crippen LogP contribution in [0.2, 0.25) is 0 Å². The number of aliphatic hydroxyl groups excluding tert-OH is 1. The molecule has 3 rings (SSSR count). The molecule has 1 aliphatic carbocycles. The molecule has 2 N–H and O–H groups in total. The van der Waals surface area contributed by atoms with Crippen molar-refractivity contribution in [2.24, 2.45) is 0 Å². The lowest BCUT2D eigenvalue weighted by atomic mass is 10.2. The van der Waals surface area contributed by atoms with Gasteiger partial charge < -0.3 is 15.2 Å². The molecule has 0 saturated heterocycles. The van der Waals surface area contributed by atoms with E-state index in [1.165, 1.54) is 18.4 Å². The minimum absolute atomic E-state index is 0.104. The van der Waals surface area contributed by atoms with Crippen LogP contribution in [0, 0.1) is 13.8 Å². The van der Waals surface area contributed by atoms with Crippen molar-refractivity contribution in [2.45, 2.75) is 58.7 Å². The quantitative estimate of drug-likeness (QED) is 0.817. The van der Waals surface area contributed by atoms with Crippen LogP contribution in [0.5, 0.6) is 5.75 Å². The number of aryl methyl sites for hydroxylation is 1. The van der Waals surface area contributed by atoms with Crippen molar-refractivity contribution < 1.29 is 9.84 Å². The highest BCUT2D eigenvalue weighted by Crippen LogP contribution is 2.30. The van der Waals surface area contributed by atoms with Crippen molar-refractivity contribution in [1.82, 2.24) is 9.78 Å². The zero-order valence-corrected chi connectivity index (χ0v) is 14.6. The largest absolute Gasteiger partial charge is 0.488 e. The molecule has 5 nitrogen and oxygen atoms in total. The van der Waals surface area contributed by atoms with E-state index in [-0.39, 0.29) is 6.61 Å². The predicted octanol–water partition coefficient (Wildman–Crippen LogP) is 3.43. The average Bonchev–Trinajstić information content (AvgIpc) is 3.17. The molecule has 1 aliphatic rings. The number of hydrogen-bond donors (Lipinski definition) is 2. The molecule has 130 valence electrons. The van der Waals surface area contributed by atoms with E-state index in [0.717, 1.165) is 35.7 Å². The molecule has 0 radical (unpaired) electrons. The molecule has 1 aromatic carbocycles. The van der Waals surface area contributed by atoms with Crippen molar-refractivity contribution in [3.05, 3.63) is 41.2 Å². The molecule has 1 saturated carbocycles. The van der Waals surface area contributed by atoms with Crippen LogP contribution in [0.1, 0.15) is 42.6 Å². The van der Waals surface area contributed by atoms with Gasteiger partial charge in [-0.15, -0.1) is 0 Å². The number of benzene rings is 1. The Labute approximate surface area is 143 Å². The third-order valence-corrected chi connectivity index (χ3v) is 4.78. The summed E-state index contributed by atoms with van der Waals surface area (Å²) in [4.78, 5) is 0. The van der Waals surface area contributed by atoms with E-state index in [1.807, 2.05) is 36.7 Å². The van der Waals surface area contributed by atoms with Crippen LogP contribution in [0.25, 0.3) is 0 Å². The molecular weight excluding hydrogens is 302 g/mol. The molecule has 0 atom stereocenters. The zero-order valence-electron chi connectivity index (χ0n) is 14.6. The van der Waals surface area contributed by atoms with E-state index in [1.54, 1.807) is 0 Å². The Bertz CT molecular complexity index is 675. The fraction of sp³-hybridized carbons (Fsp3) is 0.526. The topological polar surface area (TPSA) is 59.3 Å². The summed E-state index contributed by atoms with van der Waals surface area (Å²) < 4.78 is 8.05. The number of ether oxygens (including phenoxy) is 1. The lowest BCUT2D eigenvalue weighted by molar-refractivity contribution is 0.211. The molecule has 0 spiro atoms. The number of nitrogens with one attached hydrogen (secondary N) is 1. The summed E-state index contributed by atoms with van der Waals surface area (Å²) in [6, 6.07) is 8.15. The van der Waals surface area contributed by atoms with Gasteiger partial charge in [-0.3, -0.25) is 4.68 Å². The number of anilines is 1. The Hall–Kier alpha value is -2.01. The van der Waals surface area contributed by atoms with Crippen molar-refractivity contribution in [3.8, 4) is 5.75 Å². The van der Waals surface area contributed by atoms with Crippen LogP contribution in [0.3, 0.4) is 0 Å². The Morgan fingerprint density at radius 2 is 2.00 bits per heavy atom. The van der Waals surface area contributed by atoms with E-state index in [9.17, 15) is 0 Å². The van der Waals surface area contributed by atoms with E-state index < -0.39 is 0 Å². The SMILES string of the molecule is Cc1nn(CCO)c(C)c1CNc1ccccc1OC1CCCC1. The van der Waals surface area contributed by atoms with Gasteiger partial charge in [-0.1, -0.05) is 12.1 Å². The van der Waals surface area contributed by atoms with Gasteiger partial charge in [-0.2, -0.15) is 5.10 Å². The van der Waals surface area contributed by atoms with Crippen molar-refractivity contribution in [2.75, 3.05) is 11.9 Å². The fourth-order valence-corrected chi connectivity index (χ4v) is 3.39. The first-order valence-electron chi connectivity index (χ1n) is 8.82. The molecule has 2 aromatic rings. The predicted molar refractivity (Wildman–Crippen MR) is 95.4 cm³/mol. The van der Waals surface area contributed by atoms with Gasteiger partial charge in [0.05, 0.1) is 30.6 Å². The lowest BCUT2D eigenvalue weighted by Gasteiger charge is -2.17. The van der Waals surface area contributed by atoms with Gasteiger partial charge in [0, 0.05) is 17.8 Å². The normalized spacial score (nSPS) is 15.0. The molecule has 0 bridgehead atoms. The molecule has 1 heterocycles. The van der Waals surface area contributed by atoms with Crippen LogP contribution < -0.4 is 10.1 Å². The molecule has 0 unspecified atom stereocenters. The van der Waals surface area contributed by atoms with Crippen LogP contribution in [0.4, 0.5) is 5.69 Å². The third-order valence-electron chi connectivity index (χ3n) is 4.78. The third kappa shape index (κ3) is 3.73. The van der Waals surface area contributed by atoms with Crippen LogP contribution in [0.15, 0.2) is 24.3 Å². The minimum Gasteiger partial charge on any atom is -0.488 e. The Morgan fingerprint density at radius 3 is 2.75 bits per heavy atom. The molecule has 0 aliphatic heterocycles. The highest BCUT2D eigenvalue weighted by molar-refractivity contribution is 5.56. The van der Waals surface area contributed by atoms with Crippen LogP contribution in [-0.4, -0.2) is 27.6 Å². The summed E-state index contributed by atoms with van der Waals surface area (Å²) in [6.45, 7) is 5.40. The second-order valence-corrected chi connectivity index (χ2v) is 6.47. The number of aromatic nitrogens is 2. The summed E-state index contributed by atoms with van der Waals surface area (Å²) in [5.41, 5.74) is 4.31. The van der Waals surface area contributed by atoms with Crippen molar-refractivity contribution in [1.29, 1.82) is 0 Å². The summed E-state index contributed by atoms with van der Waals surface area (Å²) >= 11 is 0. The smallest absolute Gasteiger partial charge is 0.142 e. The van der Waals surface area contributed by atoms with Crippen LogP contribution in [-0.2, 0) is 13.1 Å². The summed E-state index contributed by atoms with van der Waals surface area (Å²) in [5, 5.41) is 17.1. The van der Waals surface area contributed by atoms with E-state index >= 15 is 0 Å². The maximum atomic E-state index is 9.13. The first kappa shape index (κ1) is 16.8. The highest BCUT2D eigenvalue weighted by atomic mass is 16.5. The van der Waals surface area contributed by atoms with Gasteiger partial charge in [-0.05, 0) is 51.7 Å². The van der Waals surface area contributed by atoms with Gasteiger partial charge in [0.2, 0.25) is 0 Å². The van der Waals surface area contributed by atoms with Gasteiger partial charge >= 0.3 is 0 Å². The molecule has 24 heavy (non-hydrogen) atoms. The Kier molecular flexibility index (Phi) is 5.41.